The van der Waals surface area contributed by atoms with E-state index in [1.807, 2.05) is 0 Å². The van der Waals surface area contributed by atoms with E-state index in [1.54, 1.807) is 18.2 Å². The van der Waals surface area contributed by atoms with Crippen molar-refractivity contribution in [2.45, 2.75) is 6.54 Å². The maximum atomic E-state index is 14.0. The van der Waals surface area contributed by atoms with Crippen molar-refractivity contribution >= 4 is 29.1 Å². The van der Waals surface area contributed by atoms with Crippen molar-refractivity contribution in [3.05, 3.63) is 79.7 Å². The van der Waals surface area contributed by atoms with Crippen molar-refractivity contribution in [2.75, 3.05) is 7.05 Å². The maximum Gasteiger partial charge on any atom is 0.294 e. The van der Waals surface area contributed by atoms with Gasteiger partial charge in [-0.05, 0) is 29.8 Å². The molecule has 0 saturated carbocycles. The Morgan fingerprint density at radius 1 is 1.17 bits per heavy atom. The molecule has 0 aliphatic carbocycles. The number of rotatable bonds is 4. The SMILES string of the molecule is CN(Cc1ccc(Cl)c(Cl)c1)C(=O)c1nc(-c2c(F)cccc2F)[nH]c(=O)c1O. The first-order valence-electron chi connectivity index (χ1n) is 8.16. The topological polar surface area (TPSA) is 86.3 Å². The fourth-order valence-corrected chi connectivity index (χ4v) is 2.94. The monoisotopic (exact) mass is 439 g/mol. The van der Waals surface area contributed by atoms with Crippen LogP contribution >= 0.6 is 23.2 Å². The number of halogens is 4. The Morgan fingerprint density at radius 2 is 1.83 bits per heavy atom. The normalized spacial score (nSPS) is 10.8. The molecule has 1 heterocycles. The molecule has 0 fully saturated rings. The molecule has 1 amide bonds. The first-order chi connectivity index (χ1) is 13.7. The molecule has 0 saturated heterocycles. The molecule has 3 rings (SSSR count). The lowest BCUT2D eigenvalue weighted by Crippen LogP contribution is -2.29. The Morgan fingerprint density at radius 3 is 2.45 bits per heavy atom. The first kappa shape index (κ1) is 20.8. The lowest BCUT2D eigenvalue weighted by atomic mass is 10.1. The summed E-state index contributed by atoms with van der Waals surface area (Å²) in [6, 6.07) is 7.85. The summed E-state index contributed by atoms with van der Waals surface area (Å²) in [6.45, 7) is 0.0486. The van der Waals surface area contributed by atoms with E-state index in [2.05, 4.69) is 9.97 Å². The van der Waals surface area contributed by atoms with Crippen LogP contribution in [0.2, 0.25) is 10.0 Å². The van der Waals surface area contributed by atoms with Crippen LogP contribution in [0.3, 0.4) is 0 Å². The van der Waals surface area contributed by atoms with Crippen molar-refractivity contribution in [1.29, 1.82) is 0 Å². The summed E-state index contributed by atoms with van der Waals surface area (Å²) in [6.07, 6.45) is 0. The zero-order valence-corrected chi connectivity index (χ0v) is 16.4. The van der Waals surface area contributed by atoms with Gasteiger partial charge in [0.2, 0.25) is 5.75 Å². The zero-order chi connectivity index (χ0) is 21.3. The van der Waals surface area contributed by atoms with Crippen molar-refractivity contribution in [2.24, 2.45) is 0 Å². The average molecular weight is 440 g/mol. The van der Waals surface area contributed by atoms with E-state index in [1.165, 1.54) is 7.05 Å². The van der Waals surface area contributed by atoms with E-state index in [9.17, 15) is 23.5 Å². The van der Waals surface area contributed by atoms with Gasteiger partial charge in [-0.2, -0.15) is 0 Å². The van der Waals surface area contributed by atoms with Gasteiger partial charge in [-0.15, -0.1) is 0 Å². The molecule has 0 radical (unpaired) electrons. The van der Waals surface area contributed by atoms with Crippen LogP contribution in [-0.2, 0) is 6.54 Å². The summed E-state index contributed by atoms with van der Waals surface area (Å²) < 4.78 is 28.1. The third-order valence-electron chi connectivity index (χ3n) is 4.05. The lowest BCUT2D eigenvalue weighted by Gasteiger charge is -2.18. The number of nitrogens with zero attached hydrogens (tertiary/aromatic N) is 2. The highest BCUT2D eigenvalue weighted by Crippen LogP contribution is 2.25. The van der Waals surface area contributed by atoms with Gasteiger partial charge in [0.25, 0.3) is 11.5 Å². The van der Waals surface area contributed by atoms with E-state index >= 15 is 0 Å². The van der Waals surface area contributed by atoms with Crippen molar-refractivity contribution < 1.29 is 18.7 Å². The fourth-order valence-electron chi connectivity index (χ4n) is 2.62. The van der Waals surface area contributed by atoms with E-state index in [4.69, 9.17) is 23.2 Å². The number of aromatic nitrogens is 2. The molecule has 2 aromatic carbocycles. The van der Waals surface area contributed by atoms with Gasteiger partial charge in [0.05, 0.1) is 15.6 Å². The summed E-state index contributed by atoms with van der Waals surface area (Å²) in [7, 11) is 1.40. The molecule has 2 N–H and O–H groups in total. The van der Waals surface area contributed by atoms with Gasteiger partial charge in [0, 0.05) is 13.6 Å². The molecule has 0 spiro atoms. The Balaban J connectivity index is 1.99. The molecule has 3 aromatic rings. The highest BCUT2D eigenvalue weighted by atomic mass is 35.5. The van der Waals surface area contributed by atoms with Gasteiger partial charge < -0.3 is 15.0 Å². The van der Waals surface area contributed by atoms with Gasteiger partial charge in [0.15, 0.2) is 5.69 Å². The second kappa shape index (κ2) is 8.18. The van der Waals surface area contributed by atoms with Gasteiger partial charge in [-0.3, -0.25) is 9.59 Å². The molecule has 10 heteroatoms. The molecule has 150 valence electrons. The highest BCUT2D eigenvalue weighted by molar-refractivity contribution is 6.42. The molecule has 0 unspecified atom stereocenters. The molecule has 0 aliphatic rings. The van der Waals surface area contributed by atoms with Crippen LogP contribution < -0.4 is 5.56 Å². The third-order valence-corrected chi connectivity index (χ3v) is 4.79. The number of carbonyl (C=O) groups is 1. The largest absolute Gasteiger partial charge is 0.501 e. The molecule has 0 aliphatic heterocycles. The fraction of sp³-hybridized carbons (Fsp3) is 0.105. The predicted octanol–water partition coefficient (Wildman–Crippen LogP) is 4.00. The van der Waals surface area contributed by atoms with E-state index < -0.39 is 45.9 Å². The summed E-state index contributed by atoms with van der Waals surface area (Å²) in [5.41, 5.74) is -1.75. The van der Waals surface area contributed by atoms with Crippen LogP contribution in [0.5, 0.6) is 5.75 Å². The van der Waals surface area contributed by atoms with Crippen LogP contribution in [0, 0.1) is 11.6 Å². The van der Waals surface area contributed by atoms with Crippen molar-refractivity contribution in [3.63, 3.8) is 0 Å². The van der Waals surface area contributed by atoms with Gasteiger partial charge in [-0.1, -0.05) is 35.3 Å². The van der Waals surface area contributed by atoms with Crippen LogP contribution in [-0.4, -0.2) is 32.9 Å². The number of amides is 1. The Labute approximate surface area is 173 Å². The Hall–Kier alpha value is -2.97. The van der Waals surface area contributed by atoms with E-state index in [-0.39, 0.29) is 6.54 Å². The predicted molar refractivity (Wildman–Crippen MR) is 104 cm³/mol. The van der Waals surface area contributed by atoms with E-state index in [0.29, 0.717) is 15.6 Å². The molecule has 6 nitrogen and oxygen atoms in total. The molecule has 29 heavy (non-hydrogen) atoms. The average Bonchev–Trinajstić information content (AvgIpc) is 2.66. The summed E-state index contributed by atoms with van der Waals surface area (Å²) in [5, 5.41) is 10.6. The highest BCUT2D eigenvalue weighted by Gasteiger charge is 2.24. The quantitative estimate of drug-likeness (QED) is 0.643. The molecular weight excluding hydrogens is 427 g/mol. The molecule has 1 aromatic heterocycles. The minimum atomic E-state index is -1.11. The number of aromatic amines is 1. The van der Waals surface area contributed by atoms with E-state index in [0.717, 1.165) is 23.1 Å². The first-order valence-corrected chi connectivity index (χ1v) is 8.91. The number of carbonyl (C=O) groups excluding carboxylic acids is 1. The minimum Gasteiger partial charge on any atom is -0.501 e. The molecule has 0 bridgehead atoms. The number of H-pyrrole nitrogens is 1. The standard InChI is InChI=1S/C19H13Cl2F2N3O3/c1-26(8-9-5-6-10(20)11(21)7-9)19(29)15-16(27)18(28)25-17(24-15)14-12(22)3-2-4-13(14)23/h2-7,27H,8H2,1H3,(H,24,25,28). The number of nitrogens with one attached hydrogen (secondary N) is 1. The number of hydrogen-bond acceptors (Lipinski definition) is 4. The van der Waals surface area contributed by atoms with Crippen LogP contribution in [0.4, 0.5) is 8.78 Å². The number of benzene rings is 2. The zero-order valence-electron chi connectivity index (χ0n) is 14.8. The van der Waals surface area contributed by atoms with Gasteiger partial charge in [-0.25, -0.2) is 13.8 Å². The number of hydrogen-bond donors (Lipinski definition) is 2. The maximum absolute atomic E-state index is 14.0. The summed E-state index contributed by atoms with van der Waals surface area (Å²) in [5.74, 6) is -4.29. The van der Waals surface area contributed by atoms with Crippen LogP contribution in [0.15, 0.2) is 41.2 Å². The van der Waals surface area contributed by atoms with Crippen LogP contribution in [0.25, 0.3) is 11.4 Å². The Bertz CT molecular complexity index is 1150. The van der Waals surface area contributed by atoms with Gasteiger partial charge in [0.1, 0.15) is 17.5 Å². The second-order valence-electron chi connectivity index (χ2n) is 6.12. The smallest absolute Gasteiger partial charge is 0.294 e. The lowest BCUT2D eigenvalue weighted by molar-refractivity contribution is 0.0775. The third kappa shape index (κ3) is 4.23. The van der Waals surface area contributed by atoms with Crippen LogP contribution in [0.1, 0.15) is 16.1 Å². The van der Waals surface area contributed by atoms with Gasteiger partial charge >= 0.3 is 0 Å². The number of aromatic hydroxyl groups is 1. The second-order valence-corrected chi connectivity index (χ2v) is 6.93. The summed E-state index contributed by atoms with van der Waals surface area (Å²) in [4.78, 5) is 31.8. The van der Waals surface area contributed by atoms with Crippen molar-refractivity contribution in [3.8, 4) is 17.1 Å². The minimum absolute atomic E-state index is 0.0486. The summed E-state index contributed by atoms with van der Waals surface area (Å²) >= 11 is 11.8. The molecular formula is C19H13Cl2F2N3O3. The molecule has 0 atom stereocenters. The van der Waals surface area contributed by atoms with Crippen molar-refractivity contribution in [1.82, 2.24) is 14.9 Å². The Kier molecular flexibility index (Phi) is 5.86.